The number of rotatable bonds is 9. The van der Waals surface area contributed by atoms with E-state index < -0.39 is 26.6 Å². The molecule has 27 heavy (non-hydrogen) atoms. The molecular formula is C19H22F2N2O3S. The number of carbonyl (C=O) groups is 1. The Morgan fingerprint density at radius 1 is 1.07 bits per heavy atom. The quantitative estimate of drug-likeness (QED) is 0.684. The van der Waals surface area contributed by atoms with Gasteiger partial charge in [0.05, 0.1) is 4.90 Å². The SMILES string of the molecule is CC(CCc1ccccc1)NC(=O)CCNS(=O)(=O)c1ccc(F)c(F)c1. The molecule has 5 nitrogen and oxygen atoms in total. The van der Waals surface area contributed by atoms with Crippen LogP contribution >= 0.6 is 0 Å². The summed E-state index contributed by atoms with van der Waals surface area (Å²) in [6.07, 6.45) is 1.53. The molecule has 0 saturated heterocycles. The lowest BCUT2D eigenvalue weighted by molar-refractivity contribution is -0.121. The summed E-state index contributed by atoms with van der Waals surface area (Å²) in [5.41, 5.74) is 1.18. The van der Waals surface area contributed by atoms with Crippen LogP contribution < -0.4 is 10.0 Å². The predicted molar refractivity (Wildman–Crippen MR) is 98.5 cm³/mol. The maximum Gasteiger partial charge on any atom is 0.240 e. The molecule has 0 aliphatic carbocycles. The van der Waals surface area contributed by atoms with E-state index in [4.69, 9.17) is 0 Å². The first-order valence-corrected chi connectivity index (χ1v) is 10.0. The molecule has 8 heteroatoms. The molecule has 2 aromatic carbocycles. The third-order valence-corrected chi connectivity index (χ3v) is 5.42. The van der Waals surface area contributed by atoms with E-state index in [2.05, 4.69) is 10.0 Å². The van der Waals surface area contributed by atoms with Gasteiger partial charge in [-0.05, 0) is 43.5 Å². The van der Waals surface area contributed by atoms with Crippen LogP contribution in [0.2, 0.25) is 0 Å². The molecule has 2 N–H and O–H groups in total. The normalized spacial score (nSPS) is 12.6. The Morgan fingerprint density at radius 3 is 2.44 bits per heavy atom. The van der Waals surface area contributed by atoms with Crippen molar-refractivity contribution in [3.8, 4) is 0 Å². The lowest BCUT2D eigenvalue weighted by Crippen LogP contribution is -2.35. The second-order valence-electron chi connectivity index (χ2n) is 6.22. The van der Waals surface area contributed by atoms with E-state index >= 15 is 0 Å². The maximum absolute atomic E-state index is 13.2. The predicted octanol–water partition coefficient (Wildman–Crippen LogP) is 2.77. The largest absolute Gasteiger partial charge is 0.354 e. The van der Waals surface area contributed by atoms with Gasteiger partial charge in [0, 0.05) is 19.0 Å². The topological polar surface area (TPSA) is 75.3 Å². The van der Waals surface area contributed by atoms with Gasteiger partial charge in [-0.25, -0.2) is 21.9 Å². The van der Waals surface area contributed by atoms with E-state index in [0.29, 0.717) is 6.07 Å². The van der Waals surface area contributed by atoms with Gasteiger partial charge in [0.25, 0.3) is 0 Å². The minimum absolute atomic E-state index is 0.0551. The summed E-state index contributed by atoms with van der Waals surface area (Å²) >= 11 is 0. The molecule has 0 fully saturated rings. The van der Waals surface area contributed by atoms with Crippen molar-refractivity contribution in [2.75, 3.05) is 6.54 Å². The van der Waals surface area contributed by atoms with Gasteiger partial charge >= 0.3 is 0 Å². The van der Waals surface area contributed by atoms with Crippen LogP contribution in [0.15, 0.2) is 53.4 Å². The van der Waals surface area contributed by atoms with Gasteiger partial charge in [-0.2, -0.15) is 0 Å². The molecule has 0 aliphatic rings. The van der Waals surface area contributed by atoms with Crippen LogP contribution in [0, 0.1) is 11.6 Å². The zero-order chi connectivity index (χ0) is 19.9. The number of benzene rings is 2. The number of aryl methyl sites for hydroxylation is 1. The van der Waals surface area contributed by atoms with Gasteiger partial charge in [0.15, 0.2) is 11.6 Å². The Labute approximate surface area is 157 Å². The molecular weight excluding hydrogens is 374 g/mol. The van der Waals surface area contributed by atoms with Crippen LogP contribution in [-0.4, -0.2) is 26.9 Å². The minimum atomic E-state index is -4.01. The van der Waals surface area contributed by atoms with Crippen LogP contribution in [0.5, 0.6) is 0 Å². The van der Waals surface area contributed by atoms with Crippen LogP contribution in [0.3, 0.4) is 0 Å². The summed E-state index contributed by atoms with van der Waals surface area (Å²) in [5.74, 6) is -2.66. The van der Waals surface area contributed by atoms with Gasteiger partial charge in [-0.1, -0.05) is 30.3 Å². The fraction of sp³-hybridized carbons (Fsp3) is 0.316. The molecule has 1 unspecified atom stereocenters. The fourth-order valence-corrected chi connectivity index (χ4v) is 3.52. The van der Waals surface area contributed by atoms with E-state index in [1.807, 2.05) is 37.3 Å². The number of nitrogens with one attached hydrogen (secondary N) is 2. The van der Waals surface area contributed by atoms with Gasteiger partial charge in [-0.15, -0.1) is 0 Å². The highest BCUT2D eigenvalue weighted by Crippen LogP contribution is 2.13. The van der Waals surface area contributed by atoms with Gasteiger partial charge < -0.3 is 5.32 Å². The van der Waals surface area contributed by atoms with Crippen molar-refractivity contribution in [1.29, 1.82) is 0 Å². The third-order valence-electron chi connectivity index (χ3n) is 3.96. The number of hydrogen-bond donors (Lipinski definition) is 2. The van der Waals surface area contributed by atoms with Crippen LogP contribution in [-0.2, 0) is 21.2 Å². The molecule has 0 spiro atoms. The van der Waals surface area contributed by atoms with E-state index in [-0.39, 0.29) is 24.9 Å². The van der Waals surface area contributed by atoms with Crippen molar-refractivity contribution < 1.29 is 22.0 Å². The second kappa shape index (κ2) is 9.57. The first-order valence-electron chi connectivity index (χ1n) is 8.56. The molecule has 2 aromatic rings. The Hall–Kier alpha value is -2.32. The highest BCUT2D eigenvalue weighted by atomic mass is 32.2. The first kappa shape index (κ1) is 21.0. The number of carbonyl (C=O) groups excluding carboxylic acids is 1. The Kier molecular flexibility index (Phi) is 7.44. The van der Waals surface area contributed by atoms with Crippen LogP contribution in [0.4, 0.5) is 8.78 Å². The molecule has 1 amide bonds. The van der Waals surface area contributed by atoms with Crippen LogP contribution in [0.1, 0.15) is 25.3 Å². The van der Waals surface area contributed by atoms with Crippen molar-refractivity contribution >= 4 is 15.9 Å². The molecule has 2 rings (SSSR count). The molecule has 0 heterocycles. The summed E-state index contributed by atoms with van der Waals surface area (Å²) in [5, 5.41) is 2.81. The second-order valence-corrected chi connectivity index (χ2v) is 7.98. The van der Waals surface area contributed by atoms with Gasteiger partial charge in [-0.3, -0.25) is 4.79 Å². The van der Waals surface area contributed by atoms with Gasteiger partial charge in [0.2, 0.25) is 15.9 Å². The summed E-state index contributed by atoms with van der Waals surface area (Å²) in [6, 6.07) is 12.1. The molecule has 0 saturated carbocycles. The van der Waals surface area contributed by atoms with Gasteiger partial charge in [0.1, 0.15) is 0 Å². The highest BCUT2D eigenvalue weighted by Gasteiger charge is 2.17. The standard InChI is InChI=1S/C19H22F2N2O3S/c1-14(7-8-15-5-3-2-4-6-15)23-19(24)11-12-22-27(25,26)16-9-10-17(20)18(21)13-16/h2-6,9-10,13-14,22H,7-8,11-12H2,1H3,(H,23,24). The Balaban J connectivity index is 1.75. The molecule has 0 bridgehead atoms. The first-order chi connectivity index (χ1) is 12.8. The van der Waals surface area contributed by atoms with Crippen molar-refractivity contribution in [2.24, 2.45) is 0 Å². The van der Waals surface area contributed by atoms with Crippen molar-refractivity contribution in [3.05, 3.63) is 65.7 Å². The van der Waals surface area contributed by atoms with Crippen molar-refractivity contribution in [3.63, 3.8) is 0 Å². The summed E-state index contributed by atoms with van der Waals surface area (Å²) in [6.45, 7) is 1.74. The van der Waals surface area contributed by atoms with Crippen molar-refractivity contribution in [2.45, 2.75) is 37.1 Å². The maximum atomic E-state index is 13.2. The average molecular weight is 396 g/mol. The van der Waals surface area contributed by atoms with E-state index in [0.717, 1.165) is 25.0 Å². The molecule has 1 atom stereocenters. The fourth-order valence-electron chi connectivity index (χ4n) is 2.47. The zero-order valence-corrected chi connectivity index (χ0v) is 15.7. The number of amides is 1. The minimum Gasteiger partial charge on any atom is -0.354 e. The molecule has 146 valence electrons. The Bertz CT molecular complexity index is 874. The van der Waals surface area contributed by atoms with E-state index in [1.165, 1.54) is 5.56 Å². The van der Waals surface area contributed by atoms with E-state index in [9.17, 15) is 22.0 Å². The monoisotopic (exact) mass is 396 g/mol. The highest BCUT2D eigenvalue weighted by molar-refractivity contribution is 7.89. The van der Waals surface area contributed by atoms with Crippen LogP contribution in [0.25, 0.3) is 0 Å². The lowest BCUT2D eigenvalue weighted by atomic mass is 10.1. The zero-order valence-electron chi connectivity index (χ0n) is 14.9. The average Bonchev–Trinajstić information content (AvgIpc) is 2.63. The number of halogens is 2. The van der Waals surface area contributed by atoms with E-state index in [1.54, 1.807) is 0 Å². The summed E-state index contributed by atoms with van der Waals surface area (Å²) in [4.78, 5) is 11.5. The number of hydrogen-bond acceptors (Lipinski definition) is 3. The molecule has 0 radical (unpaired) electrons. The molecule has 0 aromatic heterocycles. The lowest BCUT2D eigenvalue weighted by Gasteiger charge is -2.14. The smallest absolute Gasteiger partial charge is 0.240 e. The third kappa shape index (κ3) is 6.73. The number of sulfonamides is 1. The van der Waals surface area contributed by atoms with Crippen molar-refractivity contribution in [1.82, 2.24) is 10.0 Å². The molecule has 0 aliphatic heterocycles. The summed E-state index contributed by atoms with van der Waals surface area (Å²) in [7, 11) is -4.01. The summed E-state index contributed by atoms with van der Waals surface area (Å²) < 4.78 is 52.3. The Morgan fingerprint density at radius 2 is 1.78 bits per heavy atom.